The molecule has 1 atom stereocenters. The molecule has 0 fully saturated rings. The van der Waals surface area contributed by atoms with Gasteiger partial charge in [-0.3, -0.25) is 0 Å². The van der Waals surface area contributed by atoms with Crippen LogP contribution in [0.2, 0.25) is 5.02 Å². The number of hydrogen-bond donors (Lipinski definition) is 1. The van der Waals surface area contributed by atoms with Crippen molar-refractivity contribution in [1.29, 1.82) is 0 Å². The normalized spacial score (nSPS) is 15.0. The molecule has 0 bridgehead atoms. The second kappa shape index (κ2) is 8.20. The fraction of sp³-hybridized carbons (Fsp3) is 0.227. The summed E-state index contributed by atoms with van der Waals surface area (Å²) in [6.45, 7) is 2.18. The van der Waals surface area contributed by atoms with Gasteiger partial charge in [0.25, 0.3) is 0 Å². The fourth-order valence-corrected chi connectivity index (χ4v) is 3.83. The third-order valence-corrected chi connectivity index (χ3v) is 5.28. The van der Waals surface area contributed by atoms with Crippen molar-refractivity contribution in [3.8, 4) is 11.6 Å². The number of benzene rings is 2. The molecule has 7 nitrogen and oxygen atoms in total. The van der Waals surface area contributed by atoms with Crippen LogP contribution < -0.4 is 14.4 Å². The number of anilines is 2. The zero-order chi connectivity index (χ0) is 21.3. The Labute approximate surface area is 178 Å². The van der Waals surface area contributed by atoms with Crippen LogP contribution in [0.25, 0.3) is 0 Å². The summed E-state index contributed by atoms with van der Waals surface area (Å²) in [4.78, 5) is 22.4. The number of aromatic carboxylic acids is 1. The smallest absolute Gasteiger partial charge is 0.342 e. The number of para-hydroxylation sites is 1. The van der Waals surface area contributed by atoms with Gasteiger partial charge in [-0.1, -0.05) is 35.9 Å². The molecule has 2 aromatic carbocycles. The minimum Gasteiger partial charge on any atom is -0.495 e. The number of nitrogens with zero attached hydrogens (tertiary/aromatic N) is 3. The first-order valence-corrected chi connectivity index (χ1v) is 9.78. The van der Waals surface area contributed by atoms with E-state index < -0.39 is 5.97 Å². The summed E-state index contributed by atoms with van der Waals surface area (Å²) in [6, 6.07) is 13.4. The van der Waals surface area contributed by atoms with Crippen LogP contribution in [-0.2, 0) is 13.0 Å². The topological polar surface area (TPSA) is 84.8 Å². The highest BCUT2D eigenvalue weighted by molar-refractivity contribution is 6.32. The first-order chi connectivity index (χ1) is 14.5. The maximum Gasteiger partial charge on any atom is 0.342 e. The highest BCUT2D eigenvalue weighted by atomic mass is 35.5. The summed E-state index contributed by atoms with van der Waals surface area (Å²) < 4.78 is 10.9. The maximum absolute atomic E-state index is 11.7. The Kier molecular flexibility index (Phi) is 5.46. The Morgan fingerprint density at radius 1 is 1.30 bits per heavy atom. The number of ether oxygens (including phenoxy) is 2. The summed E-state index contributed by atoms with van der Waals surface area (Å²) in [5, 5.41) is 9.98. The molecule has 30 heavy (non-hydrogen) atoms. The van der Waals surface area contributed by atoms with E-state index in [-0.39, 0.29) is 24.1 Å². The molecule has 1 aromatic heterocycles. The van der Waals surface area contributed by atoms with Gasteiger partial charge in [-0.25, -0.2) is 9.78 Å². The minimum atomic E-state index is -1.15. The maximum atomic E-state index is 11.7. The molecular weight excluding hydrogens is 406 g/mol. The summed E-state index contributed by atoms with van der Waals surface area (Å²) in [5.74, 6) is -0.187. The van der Waals surface area contributed by atoms with Gasteiger partial charge in [0.2, 0.25) is 11.8 Å². The van der Waals surface area contributed by atoms with Gasteiger partial charge in [0, 0.05) is 11.7 Å². The van der Waals surface area contributed by atoms with Gasteiger partial charge in [0.15, 0.2) is 0 Å². The van der Waals surface area contributed by atoms with Crippen LogP contribution in [0.5, 0.6) is 11.6 Å². The number of carboxylic acid groups (broad SMARTS) is 1. The molecule has 2 heterocycles. The van der Waals surface area contributed by atoms with Crippen molar-refractivity contribution in [3.05, 3.63) is 70.4 Å². The van der Waals surface area contributed by atoms with Crippen molar-refractivity contribution in [2.45, 2.75) is 26.0 Å². The quantitative estimate of drug-likeness (QED) is 0.622. The number of hydrogen-bond acceptors (Lipinski definition) is 6. The van der Waals surface area contributed by atoms with E-state index in [9.17, 15) is 9.90 Å². The Morgan fingerprint density at radius 2 is 2.10 bits per heavy atom. The van der Waals surface area contributed by atoms with Crippen LogP contribution in [0.1, 0.15) is 28.4 Å². The van der Waals surface area contributed by atoms with Gasteiger partial charge in [-0.15, -0.1) is 0 Å². The lowest BCUT2D eigenvalue weighted by Crippen LogP contribution is -2.26. The summed E-state index contributed by atoms with van der Waals surface area (Å²) in [7, 11) is 1.54. The van der Waals surface area contributed by atoms with E-state index in [0.717, 1.165) is 17.7 Å². The third kappa shape index (κ3) is 3.76. The van der Waals surface area contributed by atoms with Crippen molar-refractivity contribution in [2.75, 3.05) is 12.0 Å². The van der Waals surface area contributed by atoms with Crippen molar-refractivity contribution in [2.24, 2.45) is 0 Å². The number of halogens is 1. The number of methoxy groups -OCH3 is 1. The van der Waals surface area contributed by atoms with Crippen LogP contribution in [0, 0.1) is 0 Å². The number of fused-ring (bicyclic) bond motifs is 1. The zero-order valence-electron chi connectivity index (χ0n) is 16.5. The van der Waals surface area contributed by atoms with Crippen LogP contribution in [0.3, 0.4) is 0 Å². The molecular formula is C22H20ClN3O4. The molecule has 0 saturated heterocycles. The first-order valence-electron chi connectivity index (χ1n) is 9.40. The first kappa shape index (κ1) is 20.0. The average Bonchev–Trinajstić information content (AvgIpc) is 3.07. The Balaban J connectivity index is 1.64. The Hall–Kier alpha value is -3.32. The van der Waals surface area contributed by atoms with E-state index >= 15 is 0 Å². The Morgan fingerprint density at radius 3 is 2.83 bits per heavy atom. The molecule has 3 aromatic rings. The zero-order valence-corrected chi connectivity index (χ0v) is 17.3. The van der Waals surface area contributed by atoms with E-state index in [1.807, 2.05) is 23.1 Å². The van der Waals surface area contributed by atoms with Crippen LogP contribution in [0.4, 0.5) is 11.6 Å². The molecule has 4 rings (SSSR count). The summed E-state index contributed by atoms with van der Waals surface area (Å²) in [6.07, 6.45) is 2.15. The highest BCUT2D eigenvalue weighted by Gasteiger charge is 2.30. The van der Waals surface area contributed by atoms with Crippen molar-refractivity contribution in [3.63, 3.8) is 0 Å². The largest absolute Gasteiger partial charge is 0.495 e. The predicted molar refractivity (Wildman–Crippen MR) is 113 cm³/mol. The molecule has 0 radical (unpaired) electrons. The molecule has 1 aliphatic rings. The molecule has 0 unspecified atom stereocenters. The summed E-state index contributed by atoms with van der Waals surface area (Å²) >= 11 is 6.16. The minimum absolute atomic E-state index is 0.0102. The van der Waals surface area contributed by atoms with Gasteiger partial charge in [0.1, 0.15) is 17.9 Å². The van der Waals surface area contributed by atoms with Gasteiger partial charge in [0.05, 0.1) is 18.3 Å². The second-order valence-electron chi connectivity index (χ2n) is 7.00. The second-order valence-corrected chi connectivity index (χ2v) is 7.41. The van der Waals surface area contributed by atoms with E-state index in [1.165, 1.54) is 18.9 Å². The van der Waals surface area contributed by atoms with Gasteiger partial charge < -0.3 is 19.5 Å². The number of carboxylic acids is 1. The molecule has 1 N–H and O–H groups in total. The molecule has 0 saturated carbocycles. The monoisotopic (exact) mass is 425 g/mol. The molecule has 0 aliphatic carbocycles. The van der Waals surface area contributed by atoms with Crippen LogP contribution in [-0.4, -0.2) is 34.2 Å². The van der Waals surface area contributed by atoms with Gasteiger partial charge in [-0.2, -0.15) is 4.98 Å². The molecule has 154 valence electrons. The van der Waals surface area contributed by atoms with Crippen LogP contribution >= 0.6 is 11.6 Å². The van der Waals surface area contributed by atoms with E-state index in [4.69, 9.17) is 21.1 Å². The van der Waals surface area contributed by atoms with Gasteiger partial charge in [-0.05, 0) is 42.7 Å². The summed E-state index contributed by atoms with van der Waals surface area (Å²) in [5.41, 5.74) is 2.88. The Bertz CT molecular complexity index is 1110. The van der Waals surface area contributed by atoms with E-state index in [0.29, 0.717) is 16.7 Å². The lowest BCUT2D eigenvalue weighted by molar-refractivity contribution is 0.0690. The fourth-order valence-electron chi connectivity index (χ4n) is 3.55. The number of carbonyl (C=O) groups is 1. The molecule has 8 heteroatoms. The molecule has 1 aliphatic heterocycles. The lowest BCUT2D eigenvalue weighted by atomic mass is 10.1. The number of aromatic nitrogens is 2. The van der Waals surface area contributed by atoms with Crippen molar-refractivity contribution < 1.29 is 19.4 Å². The standard InChI is InChI=1S/C22H20ClN3O4/c1-13-9-15-5-3-4-6-18(15)26(13)22-24-11-16(21(27)28)20(25-22)30-12-14-7-8-19(29-2)17(23)10-14/h3-8,10-11,13H,9,12H2,1-2H3,(H,27,28)/t13-/m1/s1. The molecule has 0 amide bonds. The van der Waals surface area contributed by atoms with Gasteiger partial charge >= 0.3 is 5.97 Å². The van der Waals surface area contributed by atoms with E-state index in [1.54, 1.807) is 18.2 Å². The number of rotatable bonds is 6. The average molecular weight is 426 g/mol. The van der Waals surface area contributed by atoms with Crippen molar-refractivity contribution in [1.82, 2.24) is 9.97 Å². The molecule has 0 spiro atoms. The lowest BCUT2D eigenvalue weighted by Gasteiger charge is -2.23. The SMILES string of the molecule is COc1ccc(COc2nc(N3c4ccccc4C[C@H]3C)ncc2C(=O)O)cc1Cl. The highest BCUT2D eigenvalue weighted by Crippen LogP contribution is 2.37. The van der Waals surface area contributed by atoms with Crippen LogP contribution in [0.15, 0.2) is 48.7 Å². The predicted octanol–water partition coefficient (Wildman–Crippen LogP) is 4.50. The van der Waals surface area contributed by atoms with Crippen molar-refractivity contribution >= 4 is 29.2 Å². The third-order valence-electron chi connectivity index (χ3n) is 4.99. The van der Waals surface area contributed by atoms with E-state index in [2.05, 4.69) is 23.0 Å².